The maximum absolute atomic E-state index is 9.83. The lowest BCUT2D eigenvalue weighted by Crippen LogP contribution is -1.72. The number of allylic oxidation sites excluding steroid dienone is 2. The molecule has 0 saturated heterocycles. The van der Waals surface area contributed by atoms with E-state index in [-0.39, 0.29) is 0 Å². The van der Waals surface area contributed by atoms with E-state index in [1.807, 2.05) is 19.1 Å². The molecule has 10 heavy (non-hydrogen) atoms. The van der Waals surface area contributed by atoms with Crippen LogP contribution < -0.4 is 0 Å². The molecule has 2 heteroatoms. The Hall–Kier alpha value is -0.920. The van der Waals surface area contributed by atoms with Gasteiger partial charge in [-0.3, -0.25) is 4.99 Å². The molecule has 2 nitrogen and oxygen atoms in total. The predicted octanol–water partition coefficient (Wildman–Crippen LogP) is 1.61. The van der Waals surface area contributed by atoms with Gasteiger partial charge in [0.25, 0.3) is 0 Å². The number of aldehydes is 1. The van der Waals surface area contributed by atoms with Crippen molar-refractivity contribution < 1.29 is 4.79 Å². The zero-order valence-corrected chi connectivity index (χ0v) is 6.29. The van der Waals surface area contributed by atoms with Crippen LogP contribution in [0, 0.1) is 0 Å². The quantitative estimate of drug-likeness (QED) is 0.323. The van der Waals surface area contributed by atoms with Crippen LogP contribution in [0.5, 0.6) is 0 Å². The first-order chi connectivity index (χ1) is 4.91. The van der Waals surface area contributed by atoms with Crippen LogP contribution in [-0.4, -0.2) is 19.0 Å². The van der Waals surface area contributed by atoms with E-state index in [1.54, 1.807) is 6.21 Å². The molecule has 0 fully saturated rings. The Morgan fingerprint density at radius 3 is 2.80 bits per heavy atom. The van der Waals surface area contributed by atoms with Gasteiger partial charge in [0.15, 0.2) is 0 Å². The summed E-state index contributed by atoms with van der Waals surface area (Å²) in [6, 6.07) is 0. The number of aliphatic imine (C=N–C) groups is 1. The molecule has 0 aliphatic carbocycles. The Morgan fingerprint density at radius 2 is 2.20 bits per heavy atom. The molecule has 0 aliphatic heterocycles. The molecular formula is C8H13NO. The van der Waals surface area contributed by atoms with Crippen LogP contribution in [0.3, 0.4) is 0 Å². The number of rotatable bonds is 5. The highest BCUT2D eigenvalue weighted by molar-refractivity contribution is 5.70. The summed E-state index contributed by atoms with van der Waals surface area (Å²) in [6.45, 7) is 2.80. The fourth-order valence-electron chi connectivity index (χ4n) is 0.488. The molecule has 56 valence electrons. The van der Waals surface area contributed by atoms with Gasteiger partial charge in [0, 0.05) is 19.2 Å². The van der Waals surface area contributed by atoms with Crippen LogP contribution in [0.25, 0.3) is 0 Å². The van der Waals surface area contributed by atoms with Gasteiger partial charge in [0.2, 0.25) is 0 Å². The highest BCUT2D eigenvalue weighted by atomic mass is 16.1. The first-order valence-corrected chi connectivity index (χ1v) is 3.50. The summed E-state index contributed by atoms with van der Waals surface area (Å²) in [5, 5.41) is 0. The molecular weight excluding hydrogens is 126 g/mol. The van der Waals surface area contributed by atoms with Crippen LogP contribution in [0.4, 0.5) is 0 Å². The minimum atomic E-state index is 0.608. The molecule has 0 bridgehead atoms. The average Bonchev–Trinajstić information content (AvgIpc) is 1.97. The fraction of sp³-hybridized carbons (Fsp3) is 0.500. The molecule has 0 aromatic rings. The van der Waals surface area contributed by atoms with Gasteiger partial charge in [0.1, 0.15) is 6.29 Å². The van der Waals surface area contributed by atoms with Crippen molar-refractivity contribution in [3.05, 3.63) is 12.2 Å². The fourth-order valence-corrected chi connectivity index (χ4v) is 0.488. The summed E-state index contributed by atoms with van der Waals surface area (Å²) in [7, 11) is 0. The molecule has 0 saturated carbocycles. The van der Waals surface area contributed by atoms with Crippen molar-refractivity contribution >= 4 is 12.5 Å². The van der Waals surface area contributed by atoms with Gasteiger partial charge in [-0.25, -0.2) is 0 Å². The van der Waals surface area contributed by atoms with Gasteiger partial charge in [-0.05, 0) is 19.4 Å². The maximum atomic E-state index is 9.83. The van der Waals surface area contributed by atoms with E-state index < -0.39 is 0 Å². The molecule has 0 unspecified atom stereocenters. The first kappa shape index (κ1) is 9.08. The third-order valence-electron chi connectivity index (χ3n) is 0.961. The molecule has 0 atom stereocenters. The normalized spacial score (nSPS) is 11.3. The number of nitrogens with zero attached hydrogens (tertiary/aromatic N) is 1. The van der Waals surface area contributed by atoms with Crippen LogP contribution in [0.1, 0.15) is 19.8 Å². The van der Waals surface area contributed by atoms with Crippen LogP contribution in [0.2, 0.25) is 0 Å². The van der Waals surface area contributed by atoms with Crippen molar-refractivity contribution in [3.8, 4) is 0 Å². The number of carbonyl (C=O) groups excluding carboxylic acids is 1. The SMILES string of the molecule is CCN=CC=CCCC=O. The van der Waals surface area contributed by atoms with Gasteiger partial charge < -0.3 is 4.79 Å². The maximum Gasteiger partial charge on any atom is 0.120 e. The van der Waals surface area contributed by atoms with E-state index >= 15 is 0 Å². The van der Waals surface area contributed by atoms with Gasteiger partial charge in [-0.15, -0.1) is 0 Å². The molecule has 0 rings (SSSR count). The highest BCUT2D eigenvalue weighted by Gasteiger charge is 1.74. The van der Waals surface area contributed by atoms with E-state index in [1.165, 1.54) is 0 Å². The lowest BCUT2D eigenvalue weighted by atomic mass is 10.3. The van der Waals surface area contributed by atoms with E-state index in [0.29, 0.717) is 6.42 Å². The zero-order valence-electron chi connectivity index (χ0n) is 6.29. The summed E-state index contributed by atoms with van der Waals surface area (Å²) in [6.07, 6.45) is 7.91. The van der Waals surface area contributed by atoms with Gasteiger partial charge in [-0.2, -0.15) is 0 Å². The minimum Gasteiger partial charge on any atom is -0.303 e. The summed E-state index contributed by atoms with van der Waals surface area (Å²) >= 11 is 0. The molecule has 0 radical (unpaired) electrons. The van der Waals surface area contributed by atoms with Crippen molar-refractivity contribution in [1.82, 2.24) is 0 Å². The summed E-state index contributed by atoms with van der Waals surface area (Å²) in [5.74, 6) is 0. The molecule has 0 aliphatic rings. The summed E-state index contributed by atoms with van der Waals surface area (Å²) in [4.78, 5) is 13.8. The Labute approximate surface area is 61.7 Å². The van der Waals surface area contributed by atoms with Crippen molar-refractivity contribution in [3.63, 3.8) is 0 Å². The smallest absolute Gasteiger partial charge is 0.120 e. The van der Waals surface area contributed by atoms with Crippen molar-refractivity contribution in [1.29, 1.82) is 0 Å². The molecule has 0 aromatic carbocycles. The van der Waals surface area contributed by atoms with E-state index in [9.17, 15) is 4.79 Å². The lowest BCUT2D eigenvalue weighted by Gasteiger charge is -1.79. The third-order valence-corrected chi connectivity index (χ3v) is 0.961. The van der Waals surface area contributed by atoms with Gasteiger partial charge in [0.05, 0.1) is 0 Å². The van der Waals surface area contributed by atoms with Crippen molar-refractivity contribution in [2.45, 2.75) is 19.8 Å². The second kappa shape index (κ2) is 8.08. The average molecular weight is 139 g/mol. The molecule has 0 aromatic heterocycles. The highest BCUT2D eigenvalue weighted by Crippen LogP contribution is 1.84. The topological polar surface area (TPSA) is 29.4 Å². The third kappa shape index (κ3) is 7.08. The predicted molar refractivity (Wildman–Crippen MR) is 43.5 cm³/mol. The number of carbonyl (C=O) groups is 1. The monoisotopic (exact) mass is 139 g/mol. The van der Waals surface area contributed by atoms with Gasteiger partial charge in [-0.1, -0.05) is 6.08 Å². The number of unbranched alkanes of at least 4 members (excludes halogenated alkanes) is 1. The Morgan fingerprint density at radius 1 is 1.40 bits per heavy atom. The van der Waals surface area contributed by atoms with Crippen LogP contribution >= 0.6 is 0 Å². The lowest BCUT2D eigenvalue weighted by molar-refractivity contribution is -0.107. The number of hydrogen-bond donors (Lipinski definition) is 0. The Kier molecular flexibility index (Phi) is 7.34. The van der Waals surface area contributed by atoms with Gasteiger partial charge >= 0.3 is 0 Å². The molecule has 0 heterocycles. The van der Waals surface area contributed by atoms with Crippen LogP contribution in [-0.2, 0) is 4.79 Å². The summed E-state index contributed by atoms with van der Waals surface area (Å²) in [5.41, 5.74) is 0. The Bertz CT molecular complexity index is 127. The standard InChI is InChI=1S/C8H13NO/c1-2-9-7-5-3-4-6-8-10/h3,5,7-8H,2,4,6H2,1H3. The molecule has 0 N–H and O–H groups in total. The van der Waals surface area contributed by atoms with Crippen molar-refractivity contribution in [2.24, 2.45) is 4.99 Å². The van der Waals surface area contributed by atoms with Crippen LogP contribution in [0.15, 0.2) is 17.1 Å². The largest absolute Gasteiger partial charge is 0.303 e. The second-order valence-corrected chi connectivity index (χ2v) is 1.82. The van der Waals surface area contributed by atoms with Crippen molar-refractivity contribution in [2.75, 3.05) is 6.54 Å². The van der Waals surface area contributed by atoms with E-state index in [2.05, 4.69) is 4.99 Å². The molecule has 0 amide bonds. The summed E-state index contributed by atoms with van der Waals surface area (Å²) < 4.78 is 0. The molecule has 0 spiro atoms. The Balaban J connectivity index is 3.19. The second-order valence-electron chi connectivity index (χ2n) is 1.82. The van der Waals surface area contributed by atoms with E-state index in [4.69, 9.17) is 0 Å². The first-order valence-electron chi connectivity index (χ1n) is 3.50. The number of hydrogen-bond acceptors (Lipinski definition) is 2. The van der Waals surface area contributed by atoms with E-state index in [0.717, 1.165) is 19.3 Å². The zero-order chi connectivity index (χ0) is 7.66. The minimum absolute atomic E-state index is 0.608.